The van der Waals surface area contributed by atoms with E-state index < -0.39 is 0 Å². The van der Waals surface area contributed by atoms with Crippen molar-refractivity contribution in [3.63, 3.8) is 0 Å². The van der Waals surface area contributed by atoms with Crippen molar-refractivity contribution in [1.29, 1.82) is 5.26 Å². The van der Waals surface area contributed by atoms with Gasteiger partial charge in [-0.25, -0.2) is 0 Å². The van der Waals surface area contributed by atoms with Crippen LogP contribution < -0.4 is 11.1 Å². The smallest absolute Gasteiger partial charge is 0.254 e. The summed E-state index contributed by atoms with van der Waals surface area (Å²) in [6.07, 6.45) is 11.5. The molecule has 5 nitrogen and oxygen atoms in total. The van der Waals surface area contributed by atoms with E-state index in [4.69, 9.17) is 5.73 Å². The first-order chi connectivity index (χ1) is 19.0. The Balaban J connectivity index is 0.00000205. The Morgan fingerprint density at radius 1 is 1.13 bits per heavy atom. The summed E-state index contributed by atoms with van der Waals surface area (Å²) in [4.78, 5) is 17.4. The zero-order valence-electron chi connectivity index (χ0n) is 24.5. The van der Waals surface area contributed by atoms with E-state index in [1.54, 1.807) is 6.21 Å². The molecule has 0 atom stereocenters. The van der Waals surface area contributed by atoms with Gasteiger partial charge in [0, 0.05) is 18.5 Å². The van der Waals surface area contributed by atoms with E-state index in [-0.39, 0.29) is 11.9 Å². The Kier molecular flexibility index (Phi) is 10.9. The molecule has 0 radical (unpaired) electrons. The summed E-state index contributed by atoms with van der Waals surface area (Å²) in [6.45, 7) is 11.2. The summed E-state index contributed by atoms with van der Waals surface area (Å²) < 4.78 is 0. The molecule has 2 aromatic carbocycles. The molecule has 0 unspecified atom stereocenters. The number of nitrogens with one attached hydrogen (secondary N) is 1. The fraction of sp³-hybridized carbons (Fsp3) is 0.500. The van der Waals surface area contributed by atoms with Crippen LogP contribution in [0.2, 0.25) is 0 Å². The predicted molar refractivity (Wildman–Crippen MR) is 162 cm³/mol. The lowest BCUT2D eigenvalue weighted by atomic mass is 9.74. The van der Waals surface area contributed by atoms with Gasteiger partial charge >= 0.3 is 0 Å². The number of nitriles is 1. The fourth-order valence-electron chi connectivity index (χ4n) is 5.66. The minimum atomic E-state index is -0.196. The number of aliphatic imine (C=N–C) groups is 1. The van der Waals surface area contributed by atoms with Crippen LogP contribution in [0.3, 0.4) is 0 Å². The van der Waals surface area contributed by atoms with Gasteiger partial charge in [-0.2, -0.15) is 5.26 Å². The highest BCUT2D eigenvalue weighted by Crippen LogP contribution is 2.52. The van der Waals surface area contributed by atoms with Gasteiger partial charge in [0.2, 0.25) is 0 Å². The van der Waals surface area contributed by atoms with Crippen LogP contribution in [-0.2, 0) is 29.6 Å². The number of nitrogens with zero attached hydrogens (tertiary/aromatic N) is 2. The molecule has 2 fully saturated rings. The van der Waals surface area contributed by atoms with E-state index >= 15 is 0 Å². The number of carbonyl (C=O) groups excluding carboxylic acids is 1. The van der Waals surface area contributed by atoms with Crippen molar-refractivity contribution in [2.45, 2.75) is 110 Å². The first-order valence-electron chi connectivity index (χ1n) is 14.8. The molecule has 208 valence electrons. The number of amides is 1. The third-order valence-corrected chi connectivity index (χ3v) is 8.29. The van der Waals surface area contributed by atoms with Gasteiger partial charge in [0.1, 0.15) is 0 Å². The van der Waals surface area contributed by atoms with Crippen molar-refractivity contribution < 1.29 is 4.79 Å². The number of rotatable bonds is 11. The van der Waals surface area contributed by atoms with Crippen molar-refractivity contribution in [1.82, 2.24) is 5.32 Å². The molecule has 2 saturated carbocycles. The highest BCUT2D eigenvalue weighted by atomic mass is 16.1. The quantitative estimate of drug-likeness (QED) is 0.243. The number of hydrogen-bond acceptors (Lipinski definition) is 4. The molecule has 2 aliphatic rings. The molecule has 39 heavy (non-hydrogen) atoms. The van der Waals surface area contributed by atoms with E-state index in [1.165, 1.54) is 42.2 Å². The molecule has 0 heterocycles. The van der Waals surface area contributed by atoms with Crippen LogP contribution in [0, 0.1) is 11.3 Å². The molecule has 0 spiro atoms. The van der Waals surface area contributed by atoms with Crippen molar-refractivity contribution in [2.75, 3.05) is 0 Å². The van der Waals surface area contributed by atoms with Crippen LogP contribution in [0.1, 0.15) is 112 Å². The molecular formula is C34H46N4O. The van der Waals surface area contributed by atoms with Crippen molar-refractivity contribution >= 4 is 12.1 Å². The van der Waals surface area contributed by atoms with Gasteiger partial charge in [-0.15, -0.1) is 0 Å². The van der Waals surface area contributed by atoms with Gasteiger partial charge in [-0.05, 0) is 90.2 Å². The van der Waals surface area contributed by atoms with Gasteiger partial charge in [0.15, 0.2) is 0 Å². The first kappa shape index (κ1) is 30.2. The number of hydrogen-bond donors (Lipinski definition) is 2. The molecule has 0 aromatic heterocycles. The zero-order valence-corrected chi connectivity index (χ0v) is 24.5. The van der Waals surface area contributed by atoms with Crippen LogP contribution in [-0.4, -0.2) is 18.2 Å². The van der Waals surface area contributed by atoms with E-state index in [9.17, 15) is 10.1 Å². The lowest BCUT2D eigenvalue weighted by Crippen LogP contribution is -2.44. The van der Waals surface area contributed by atoms with Gasteiger partial charge in [-0.3, -0.25) is 9.79 Å². The summed E-state index contributed by atoms with van der Waals surface area (Å²) in [5.74, 6) is 0.103. The van der Waals surface area contributed by atoms with E-state index in [1.807, 2.05) is 26.0 Å². The van der Waals surface area contributed by atoms with Crippen molar-refractivity contribution in [2.24, 2.45) is 10.7 Å². The van der Waals surface area contributed by atoms with Crippen LogP contribution in [0.25, 0.3) is 0 Å². The van der Waals surface area contributed by atoms with Gasteiger partial charge in [-0.1, -0.05) is 71.4 Å². The minimum Gasteiger partial charge on any atom is -0.404 e. The van der Waals surface area contributed by atoms with Gasteiger partial charge in [0.05, 0.1) is 23.8 Å². The summed E-state index contributed by atoms with van der Waals surface area (Å²) >= 11 is 0. The topological polar surface area (TPSA) is 91.3 Å². The summed E-state index contributed by atoms with van der Waals surface area (Å²) in [6, 6.07) is 15.3. The highest BCUT2D eigenvalue weighted by molar-refractivity contribution is 6.12. The van der Waals surface area contributed by atoms with Gasteiger partial charge < -0.3 is 11.1 Å². The summed E-state index contributed by atoms with van der Waals surface area (Å²) in [5.41, 5.74) is 13.8. The average Bonchev–Trinajstić information content (AvgIpc) is 3.75. The second-order valence-electron chi connectivity index (χ2n) is 10.7. The lowest BCUT2D eigenvalue weighted by Gasteiger charge is -2.36. The average molecular weight is 527 g/mol. The fourth-order valence-corrected chi connectivity index (χ4v) is 5.66. The third-order valence-electron chi connectivity index (χ3n) is 8.29. The predicted octanol–water partition coefficient (Wildman–Crippen LogP) is 7.02. The minimum absolute atomic E-state index is 0.0788. The number of benzene rings is 2. The molecule has 1 amide bonds. The number of aryl methyl sites for hydroxylation is 2. The standard InChI is InChI=1S/C32H40N4O.C2H6/c1-4-7-24-14-23(9-11-30(24)32(6-3)12-13-32)20-35-21-27(19-34)31(37)36-28-16-26(17-28)29-15-22(5-2)8-10-25(29)18-33;1-2/h8-11,14-15,19,21,26,28H,4-7,12-13,16-17,20,34H2,1-3H3,(H,36,37);1-2H3/b27-19+,35-21?;. The lowest BCUT2D eigenvalue weighted by molar-refractivity contribution is -0.118. The summed E-state index contributed by atoms with van der Waals surface area (Å²) in [5, 5.41) is 12.6. The Hall–Kier alpha value is -3.39. The molecule has 0 saturated heterocycles. The Labute approximate surface area is 235 Å². The summed E-state index contributed by atoms with van der Waals surface area (Å²) in [7, 11) is 0. The number of nitrogens with two attached hydrogens (primary N) is 1. The van der Waals surface area contributed by atoms with Crippen LogP contribution in [0.5, 0.6) is 0 Å². The Bertz CT molecular complexity index is 1230. The second kappa shape index (κ2) is 14.1. The largest absolute Gasteiger partial charge is 0.404 e. The van der Waals surface area contributed by atoms with Crippen LogP contribution >= 0.6 is 0 Å². The Morgan fingerprint density at radius 3 is 2.44 bits per heavy atom. The second-order valence-corrected chi connectivity index (χ2v) is 10.7. The van der Waals surface area contributed by atoms with Crippen LogP contribution in [0.4, 0.5) is 0 Å². The molecule has 0 bridgehead atoms. The van der Waals surface area contributed by atoms with E-state index in [0.717, 1.165) is 48.8 Å². The number of carbonyl (C=O) groups is 1. The highest BCUT2D eigenvalue weighted by Gasteiger charge is 2.43. The molecule has 2 aromatic rings. The molecular weight excluding hydrogens is 480 g/mol. The zero-order chi connectivity index (χ0) is 28.4. The maximum Gasteiger partial charge on any atom is 0.254 e. The molecule has 0 aliphatic heterocycles. The van der Waals surface area contributed by atoms with Crippen molar-refractivity contribution in [3.05, 3.63) is 81.6 Å². The van der Waals surface area contributed by atoms with Crippen LogP contribution in [0.15, 0.2) is 53.2 Å². The maximum atomic E-state index is 12.8. The molecule has 3 N–H and O–H groups in total. The third kappa shape index (κ3) is 7.18. The SMILES string of the molecule is CC.CCCc1cc(CN=C/C(=C\N)C(=O)NC2CC(c3cc(CC)ccc3C#N)C2)ccc1C1(CC)CC1. The Morgan fingerprint density at radius 2 is 1.85 bits per heavy atom. The van der Waals surface area contributed by atoms with E-state index in [0.29, 0.717) is 23.5 Å². The first-order valence-corrected chi connectivity index (χ1v) is 14.8. The maximum absolute atomic E-state index is 12.8. The monoisotopic (exact) mass is 526 g/mol. The normalized spacial score (nSPS) is 19.4. The molecule has 4 rings (SSSR count). The van der Waals surface area contributed by atoms with Crippen molar-refractivity contribution in [3.8, 4) is 6.07 Å². The van der Waals surface area contributed by atoms with Gasteiger partial charge in [0.25, 0.3) is 5.91 Å². The molecule has 5 heteroatoms. The molecule has 2 aliphatic carbocycles. The van der Waals surface area contributed by atoms with E-state index in [2.05, 4.69) is 61.4 Å².